The fourth-order valence-electron chi connectivity index (χ4n) is 2.33. The monoisotopic (exact) mass is 300 g/mol. The molecular weight excluding hydrogens is 264 g/mol. The zero-order valence-electron chi connectivity index (χ0n) is 15.1. The fourth-order valence-corrected chi connectivity index (χ4v) is 2.33. The third kappa shape index (κ3) is 8.30. The first kappa shape index (κ1) is 20.2. The van der Waals surface area contributed by atoms with Crippen LogP contribution in [0.25, 0.3) is 0 Å². The van der Waals surface area contributed by atoms with Gasteiger partial charge in [0.15, 0.2) is 0 Å². The summed E-state index contributed by atoms with van der Waals surface area (Å²) in [6.07, 6.45) is 3.83. The van der Waals surface area contributed by atoms with E-state index in [4.69, 9.17) is 4.74 Å². The molecule has 0 aromatic rings. The number of hydrogen-bond acceptors (Lipinski definition) is 3. The summed E-state index contributed by atoms with van der Waals surface area (Å²) in [5, 5.41) is 6.60. The Labute approximate surface area is 131 Å². The maximum Gasteiger partial charge on any atom is 0.408 e. The molecule has 0 unspecified atom stereocenters. The van der Waals surface area contributed by atoms with Crippen molar-refractivity contribution in [2.45, 2.75) is 85.3 Å². The van der Waals surface area contributed by atoms with Gasteiger partial charge in [0.05, 0.1) is 5.54 Å². The second-order valence-corrected chi connectivity index (χ2v) is 6.93. The molecule has 0 spiro atoms. The fraction of sp³-hybridized carbons (Fsp3) is 0.941. The van der Waals surface area contributed by atoms with E-state index in [1.54, 1.807) is 0 Å². The SMILES string of the molecule is CCC(CC)CNCC(CC)(CC)NC(=O)OC(C)(C)C. The number of nitrogens with one attached hydrogen (secondary N) is 2. The summed E-state index contributed by atoms with van der Waals surface area (Å²) in [5.41, 5.74) is -0.686. The van der Waals surface area contributed by atoms with Gasteiger partial charge in [0.25, 0.3) is 0 Å². The van der Waals surface area contributed by atoms with E-state index in [1.807, 2.05) is 20.8 Å². The molecule has 1 amide bonds. The molecule has 2 N–H and O–H groups in total. The van der Waals surface area contributed by atoms with Crippen molar-refractivity contribution in [1.82, 2.24) is 10.6 Å². The van der Waals surface area contributed by atoms with Crippen molar-refractivity contribution in [3.8, 4) is 0 Å². The van der Waals surface area contributed by atoms with Crippen LogP contribution in [0.2, 0.25) is 0 Å². The molecule has 4 heteroatoms. The molecular formula is C17H36N2O2. The van der Waals surface area contributed by atoms with Gasteiger partial charge in [0, 0.05) is 6.54 Å². The molecule has 126 valence electrons. The number of amides is 1. The van der Waals surface area contributed by atoms with Crippen LogP contribution in [0.5, 0.6) is 0 Å². The number of carbonyl (C=O) groups is 1. The first-order valence-corrected chi connectivity index (χ1v) is 8.43. The minimum Gasteiger partial charge on any atom is -0.444 e. The van der Waals surface area contributed by atoms with E-state index >= 15 is 0 Å². The van der Waals surface area contributed by atoms with Crippen molar-refractivity contribution in [3.05, 3.63) is 0 Å². The lowest BCUT2D eigenvalue weighted by atomic mass is 9.92. The van der Waals surface area contributed by atoms with Crippen molar-refractivity contribution in [1.29, 1.82) is 0 Å². The molecule has 0 aromatic carbocycles. The van der Waals surface area contributed by atoms with Crippen molar-refractivity contribution < 1.29 is 9.53 Å². The summed E-state index contributed by atoms with van der Waals surface area (Å²) < 4.78 is 5.39. The average Bonchev–Trinajstić information content (AvgIpc) is 2.40. The second kappa shape index (κ2) is 9.29. The van der Waals surface area contributed by atoms with Gasteiger partial charge in [0.2, 0.25) is 0 Å². The van der Waals surface area contributed by atoms with Crippen LogP contribution in [-0.4, -0.2) is 30.3 Å². The van der Waals surface area contributed by atoms with Gasteiger partial charge in [-0.05, 0) is 46.1 Å². The lowest BCUT2D eigenvalue weighted by molar-refractivity contribution is 0.0445. The highest BCUT2D eigenvalue weighted by Crippen LogP contribution is 2.17. The highest BCUT2D eigenvalue weighted by Gasteiger charge is 2.30. The minimum atomic E-state index is -0.458. The smallest absolute Gasteiger partial charge is 0.408 e. The Morgan fingerprint density at radius 1 is 1.05 bits per heavy atom. The molecule has 21 heavy (non-hydrogen) atoms. The molecule has 0 aliphatic rings. The van der Waals surface area contributed by atoms with E-state index in [2.05, 4.69) is 38.3 Å². The first-order chi connectivity index (χ1) is 9.71. The van der Waals surface area contributed by atoms with Crippen LogP contribution in [0.4, 0.5) is 4.79 Å². The Morgan fingerprint density at radius 3 is 1.95 bits per heavy atom. The molecule has 0 atom stereocenters. The minimum absolute atomic E-state index is 0.228. The van der Waals surface area contributed by atoms with Gasteiger partial charge in [0.1, 0.15) is 5.60 Å². The lowest BCUT2D eigenvalue weighted by Crippen LogP contribution is -2.55. The Bertz CT molecular complexity index is 290. The van der Waals surface area contributed by atoms with E-state index in [0.717, 1.165) is 25.9 Å². The Kier molecular flexibility index (Phi) is 8.95. The van der Waals surface area contributed by atoms with Gasteiger partial charge in [-0.25, -0.2) is 4.79 Å². The highest BCUT2D eigenvalue weighted by molar-refractivity contribution is 5.68. The third-order valence-corrected chi connectivity index (χ3v) is 4.17. The summed E-state index contributed by atoms with van der Waals surface area (Å²) in [4.78, 5) is 12.0. The normalized spacial score (nSPS) is 12.6. The predicted molar refractivity (Wildman–Crippen MR) is 89.6 cm³/mol. The van der Waals surface area contributed by atoms with Crippen molar-refractivity contribution in [2.75, 3.05) is 13.1 Å². The lowest BCUT2D eigenvalue weighted by Gasteiger charge is -2.34. The summed E-state index contributed by atoms with van der Waals surface area (Å²) in [5.74, 6) is 0.706. The molecule has 0 radical (unpaired) electrons. The van der Waals surface area contributed by atoms with Crippen LogP contribution in [0.15, 0.2) is 0 Å². The zero-order valence-corrected chi connectivity index (χ0v) is 15.1. The van der Waals surface area contributed by atoms with Crippen LogP contribution in [-0.2, 0) is 4.74 Å². The summed E-state index contributed by atoms with van der Waals surface area (Å²) in [7, 11) is 0. The number of carbonyl (C=O) groups excluding carboxylic acids is 1. The maximum atomic E-state index is 12.0. The van der Waals surface area contributed by atoms with Gasteiger partial charge in [-0.1, -0.05) is 40.5 Å². The van der Waals surface area contributed by atoms with Crippen molar-refractivity contribution in [2.24, 2.45) is 5.92 Å². The van der Waals surface area contributed by atoms with Gasteiger partial charge in [-0.3, -0.25) is 0 Å². The topological polar surface area (TPSA) is 50.4 Å². The summed E-state index contributed by atoms with van der Waals surface area (Å²) >= 11 is 0. The number of ether oxygens (including phenoxy) is 1. The van der Waals surface area contributed by atoms with Gasteiger partial charge < -0.3 is 15.4 Å². The molecule has 4 nitrogen and oxygen atoms in total. The molecule has 0 aromatic heterocycles. The van der Waals surface area contributed by atoms with Crippen LogP contribution in [0, 0.1) is 5.92 Å². The Morgan fingerprint density at radius 2 is 1.57 bits per heavy atom. The van der Waals surface area contributed by atoms with Crippen LogP contribution in [0.3, 0.4) is 0 Å². The van der Waals surface area contributed by atoms with Crippen LogP contribution >= 0.6 is 0 Å². The Hall–Kier alpha value is -0.770. The van der Waals surface area contributed by atoms with E-state index < -0.39 is 5.60 Å². The second-order valence-electron chi connectivity index (χ2n) is 6.93. The average molecular weight is 300 g/mol. The summed E-state index contributed by atoms with van der Waals surface area (Å²) in [6, 6.07) is 0. The molecule has 0 saturated carbocycles. The van der Waals surface area contributed by atoms with E-state index in [1.165, 1.54) is 12.8 Å². The number of rotatable bonds is 9. The number of alkyl carbamates (subject to hydrolysis) is 1. The molecule has 0 heterocycles. The van der Waals surface area contributed by atoms with Gasteiger partial charge in [-0.15, -0.1) is 0 Å². The van der Waals surface area contributed by atoms with E-state index in [9.17, 15) is 4.79 Å². The van der Waals surface area contributed by atoms with E-state index in [-0.39, 0.29) is 11.6 Å². The molecule has 0 aliphatic carbocycles. The quantitative estimate of drug-likeness (QED) is 0.674. The zero-order chi connectivity index (χ0) is 16.5. The summed E-state index contributed by atoms with van der Waals surface area (Å²) in [6.45, 7) is 16.1. The molecule has 0 saturated heterocycles. The molecule has 0 bridgehead atoms. The molecule has 0 fully saturated rings. The van der Waals surface area contributed by atoms with Gasteiger partial charge >= 0.3 is 6.09 Å². The Balaban J connectivity index is 4.51. The largest absolute Gasteiger partial charge is 0.444 e. The maximum absolute atomic E-state index is 12.0. The standard InChI is InChI=1S/C17H36N2O2/c1-8-14(9-2)12-18-13-17(10-3,11-4)19-15(20)21-16(5,6)7/h14,18H,8-13H2,1-7H3,(H,19,20). The molecule has 0 aliphatic heterocycles. The van der Waals surface area contributed by atoms with Gasteiger partial charge in [-0.2, -0.15) is 0 Å². The van der Waals surface area contributed by atoms with Crippen molar-refractivity contribution >= 4 is 6.09 Å². The van der Waals surface area contributed by atoms with Crippen LogP contribution in [0.1, 0.15) is 74.1 Å². The third-order valence-electron chi connectivity index (χ3n) is 4.17. The predicted octanol–water partition coefficient (Wildman–Crippen LogP) is 4.10. The van der Waals surface area contributed by atoms with Crippen LogP contribution < -0.4 is 10.6 Å². The van der Waals surface area contributed by atoms with Crippen molar-refractivity contribution in [3.63, 3.8) is 0 Å². The number of hydrogen-bond donors (Lipinski definition) is 2. The van der Waals surface area contributed by atoms with E-state index in [0.29, 0.717) is 5.92 Å². The first-order valence-electron chi connectivity index (χ1n) is 8.43. The molecule has 0 rings (SSSR count). The highest BCUT2D eigenvalue weighted by atomic mass is 16.6.